The normalized spacial score (nSPS) is 10.0. The molecule has 0 unspecified atom stereocenters. The highest BCUT2D eigenvalue weighted by Gasteiger charge is 2.09. The quantitative estimate of drug-likeness (QED) is 0.466. The molecule has 7 nitrogen and oxygen atoms in total. The number of methoxy groups -OCH3 is 2. The van der Waals surface area contributed by atoms with E-state index in [2.05, 4.69) is 36.3 Å². The number of aromatic nitrogens is 1. The first kappa shape index (κ1) is 20.9. The number of anilines is 1. The summed E-state index contributed by atoms with van der Waals surface area (Å²) in [7, 11) is 2.91. The second-order valence-corrected chi connectivity index (χ2v) is 6.65. The molecule has 0 saturated carbocycles. The fourth-order valence-corrected chi connectivity index (χ4v) is 2.58. The van der Waals surface area contributed by atoms with Crippen molar-refractivity contribution < 1.29 is 19.0 Å². The summed E-state index contributed by atoms with van der Waals surface area (Å²) in [5.74, 6) is 1.51. The molecule has 1 aromatic carbocycles. The van der Waals surface area contributed by atoms with Gasteiger partial charge in [0.15, 0.2) is 11.7 Å². The molecule has 2 rings (SSSR count). The third kappa shape index (κ3) is 7.03. The number of benzene rings is 1. The number of hydrogen-bond acceptors (Lipinski definition) is 6. The minimum absolute atomic E-state index is 0.154. The van der Waals surface area contributed by atoms with Crippen LogP contribution < -0.4 is 20.1 Å². The Morgan fingerprint density at radius 2 is 2.07 bits per heavy atom. The molecule has 0 aliphatic rings. The van der Waals surface area contributed by atoms with Crippen LogP contribution in [0.2, 0.25) is 0 Å². The molecule has 1 aromatic heterocycles. The molecular formula is C18H20BrN3O4S. The molecule has 0 spiro atoms. The number of hydrogen-bond donors (Lipinski definition) is 2. The van der Waals surface area contributed by atoms with E-state index in [-0.39, 0.29) is 6.61 Å². The highest BCUT2D eigenvalue weighted by atomic mass is 79.9. The Morgan fingerprint density at radius 3 is 2.74 bits per heavy atom. The zero-order chi connectivity index (χ0) is 19.6. The Kier molecular flexibility index (Phi) is 8.28. The zero-order valence-electron chi connectivity index (χ0n) is 15.0. The van der Waals surface area contributed by atoms with Crippen molar-refractivity contribution in [2.24, 2.45) is 0 Å². The van der Waals surface area contributed by atoms with E-state index in [1.54, 1.807) is 25.4 Å². The number of halogens is 1. The van der Waals surface area contributed by atoms with Crippen LogP contribution in [0.4, 0.5) is 5.82 Å². The van der Waals surface area contributed by atoms with Gasteiger partial charge in [0.25, 0.3) is 0 Å². The van der Waals surface area contributed by atoms with Gasteiger partial charge in [-0.15, -0.1) is 0 Å². The third-order valence-corrected chi connectivity index (χ3v) is 4.21. The Labute approximate surface area is 171 Å². The first-order valence-electron chi connectivity index (χ1n) is 8.04. The monoisotopic (exact) mass is 453 g/mol. The van der Waals surface area contributed by atoms with E-state index in [0.717, 1.165) is 10.0 Å². The number of ether oxygens (including phenoxy) is 3. The Hall–Kier alpha value is -2.39. The van der Waals surface area contributed by atoms with Crippen molar-refractivity contribution in [2.45, 2.75) is 6.42 Å². The molecule has 0 fully saturated rings. The van der Waals surface area contributed by atoms with Gasteiger partial charge in [-0.1, -0.05) is 0 Å². The fourth-order valence-electron chi connectivity index (χ4n) is 2.14. The first-order valence-corrected chi connectivity index (χ1v) is 9.25. The van der Waals surface area contributed by atoms with Crippen LogP contribution in [-0.2, 0) is 16.0 Å². The maximum Gasteiger partial charge on any atom is 0.343 e. The highest BCUT2D eigenvalue weighted by molar-refractivity contribution is 9.10. The predicted molar refractivity (Wildman–Crippen MR) is 110 cm³/mol. The molecule has 27 heavy (non-hydrogen) atoms. The Bertz CT molecular complexity index is 787. The molecule has 0 aliphatic heterocycles. The number of pyridine rings is 1. The smallest absolute Gasteiger partial charge is 0.343 e. The number of esters is 1. The molecule has 1 heterocycles. The van der Waals surface area contributed by atoms with Crippen molar-refractivity contribution in [2.75, 3.05) is 32.7 Å². The number of rotatable bonds is 8. The van der Waals surface area contributed by atoms with E-state index >= 15 is 0 Å². The second kappa shape index (κ2) is 10.7. The minimum Gasteiger partial charge on any atom is -0.497 e. The number of thiocarbonyl (C=S) groups is 1. The molecule has 9 heteroatoms. The third-order valence-electron chi connectivity index (χ3n) is 3.49. The molecule has 0 bridgehead atoms. The summed E-state index contributed by atoms with van der Waals surface area (Å²) in [6.45, 7) is 0.405. The van der Waals surface area contributed by atoms with E-state index in [9.17, 15) is 4.79 Å². The number of carbonyl (C=O) groups excluding carboxylic acids is 1. The summed E-state index contributed by atoms with van der Waals surface area (Å²) < 4.78 is 16.3. The minimum atomic E-state index is -0.442. The van der Waals surface area contributed by atoms with Crippen molar-refractivity contribution >= 4 is 45.0 Å². The van der Waals surface area contributed by atoms with Crippen LogP contribution >= 0.6 is 28.1 Å². The average Bonchev–Trinajstić information content (AvgIpc) is 2.68. The van der Waals surface area contributed by atoms with Crippen molar-refractivity contribution in [3.8, 4) is 11.5 Å². The van der Waals surface area contributed by atoms with Crippen LogP contribution in [-0.4, -0.2) is 43.4 Å². The van der Waals surface area contributed by atoms with Crippen LogP contribution in [0.25, 0.3) is 0 Å². The van der Waals surface area contributed by atoms with Gasteiger partial charge in [0.05, 0.1) is 14.2 Å². The summed E-state index contributed by atoms with van der Waals surface area (Å²) in [5.41, 5.74) is 0.885. The van der Waals surface area contributed by atoms with Gasteiger partial charge >= 0.3 is 5.97 Å². The van der Waals surface area contributed by atoms with Crippen molar-refractivity contribution in [1.29, 1.82) is 0 Å². The van der Waals surface area contributed by atoms with E-state index in [4.69, 9.17) is 21.7 Å². The topological polar surface area (TPSA) is 81.7 Å². The van der Waals surface area contributed by atoms with Crippen LogP contribution in [0.1, 0.15) is 5.56 Å². The van der Waals surface area contributed by atoms with Gasteiger partial charge in [-0.2, -0.15) is 0 Å². The lowest BCUT2D eigenvalue weighted by atomic mass is 10.1. The summed E-state index contributed by atoms with van der Waals surface area (Å²) in [4.78, 5) is 15.5. The molecular weight excluding hydrogens is 434 g/mol. The molecule has 0 aliphatic carbocycles. The summed E-state index contributed by atoms with van der Waals surface area (Å²) in [6.07, 6.45) is 2.30. The molecule has 0 amide bonds. The van der Waals surface area contributed by atoms with Crippen LogP contribution in [0, 0.1) is 0 Å². The number of nitrogens with one attached hydrogen (secondary N) is 2. The molecule has 0 radical (unpaired) electrons. The molecule has 2 N–H and O–H groups in total. The predicted octanol–water partition coefficient (Wildman–Crippen LogP) is 2.93. The molecule has 0 saturated heterocycles. The van der Waals surface area contributed by atoms with Crippen molar-refractivity contribution in [3.05, 3.63) is 46.6 Å². The molecule has 2 aromatic rings. The largest absolute Gasteiger partial charge is 0.497 e. The molecule has 144 valence electrons. The lowest BCUT2D eigenvalue weighted by molar-refractivity contribution is -0.142. The Balaban J connectivity index is 1.91. The lowest BCUT2D eigenvalue weighted by Gasteiger charge is -2.14. The van der Waals surface area contributed by atoms with Gasteiger partial charge in [-0.3, -0.25) is 0 Å². The highest BCUT2D eigenvalue weighted by Crippen LogP contribution is 2.24. The van der Waals surface area contributed by atoms with Crippen LogP contribution in [0.15, 0.2) is 41.0 Å². The van der Waals surface area contributed by atoms with Crippen molar-refractivity contribution in [3.63, 3.8) is 0 Å². The van der Waals surface area contributed by atoms with E-state index in [1.165, 1.54) is 7.11 Å². The zero-order valence-corrected chi connectivity index (χ0v) is 17.4. The van der Waals surface area contributed by atoms with E-state index < -0.39 is 5.97 Å². The van der Waals surface area contributed by atoms with Crippen LogP contribution in [0.3, 0.4) is 0 Å². The summed E-state index contributed by atoms with van der Waals surface area (Å²) in [5, 5.41) is 6.59. The van der Waals surface area contributed by atoms with Gasteiger partial charge in [-0.25, -0.2) is 9.78 Å². The van der Waals surface area contributed by atoms with Crippen molar-refractivity contribution in [1.82, 2.24) is 10.3 Å². The Morgan fingerprint density at radius 1 is 1.26 bits per heavy atom. The van der Waals surface area contributed by atoms with E-state index in [1.807, 2.05) is 18.2 Å². The maximum atomic E-state index is 11.3. The summed E-state index contributed by atoms with van der Waals surface area (Å²) in [6, 6.07) is 9.09. The van der Waals surface area contributed by atoms with Gasteiger partial charge in [0, 0.05) is 17.2 Å². The van der Waals surface area contributed by atoms with Crippen LogP contribution in [0.5, 0.6) is 11.5 Å². The lowest BCUT2D eigenvalue weighted by Crippen LogP contribution is -2.30. The number of carbonyl (C=O) groups is 1. The van der Waals surface area contributed by atoms with Gasteiger partial charge in [0.2, 0.25) is 0 Å². The fraction of sp³-hybridized carbons (Fsp3) is 0.278. The van der Waals surface area contributed by atoms with Gasteiger partial charge in [-0.05, 0) is 70.5 Å². The standard InChI is InChI=1S/C18H20BrN3O4S/c1-24-14-4-5-15(26-11-17(23)25-2)12(9-14)7-8-20-18(27)22-16-6-3-13(19)10-21-16/h3-6,9-10H,7-8,11H2,1-2H3,(H2,20,21,22,27). The number of nitrogens with zero attached hydrogens (tertiary/aromatic N) is 1. The van der Waals surface area contributed by atoms with Gasteiger partial charge < -0.3 is 24.8 Å². The van der Waals surface area contributed by atoms with Gasteiger partial charge in [0.1, 0.15) is 17.3 Å². The average molecular weight is 454 g/mol. The molecule has 0 atom stereocenters. The maximum absolute atomic E-state index is 11.3. The first-order chi connectivity index (χ1) is 13.0. The second-order valence-electron chi connectivity index (χ2n) is 5.33. The summed E-state index contributed by atoms with van der Waals surface area (Å²) >= 11 is 8.61. The van der Waals surface area contributed by atoms with E-state index in [0.29, 0.717) is 35.4 Å². The SMILES string of the molecule is COC(=O)COc1ccc(OC)cc1CCNC(=S)Nc1ccc(Br)cn1.